The molecule has 2 aromatic carbocycles. The smallest absolute Gasteiger partial charge is 0.158 e. The molecule has 3 rings (SSSR count). The standard InChI is InChI=1S/C20H19Cl2NO2/c1-13(20(24)14-5-3-2-4-6-14)23-12-18-7-8-19(25-18)15-9-16(21)11-17(22)10-15/h2-11,13,20,23-24H,12H2,1H3/p+1/t13-,20-/m1/s1. The van der Waals surface area contributed by atoms with Crippen LogP contribution in [0.1, 0.15) is 24.4 Å². The molecule has 0 unspecified atom stereocenters. The van der Waals surface area contributed by atoms with E-state index in [1.165, 1.54) is 0 Å². The Morgan fingerprint density at radius 2 is 1.68 bits per heavy atom. The summed E-state index contributed by atoms with van der Waals surface area (Å²) in [5.41, 5.74) is 1.76. The lowest BCUT2D eigenvalue weighted by atomic mass is 10.0. The summed E-state index contributed by atoms with van der Waals surface area (Å²) in [5, 5.41) is 13.6. The fourth-order valence-corrected chi connectivity index (χ4v) is 3.25. The van der Waals surface area contributed by atoms with E-state index in [4.69, 9.17) is 27.6 Å². The molecule has 2 atom stereocenters. The van der Waals surface area contributed by atoms with Gasteiger partial charge in [-0.1, -0.05) is 53.5 Å². The van der Waals surface area contributed by atoms with Gasteiger partial charge in [-0.2, -0.15) is 0 Å². The van der Waals surface area contributed by atoms with Gasteiger partial charge in [-0.15, -0.1) is 0 Å². The highest BCUT2D eigenvalue weighted by Crippen LogP contribution is 2.28. The maximum Gasteiger partial charge on any atom is 0.158 e. The monoisotopic (exact) mass is 376 g/mol. The van der Waals surface area contributed by atoms with Crippen LogP contribution in [0.3, 0.4) is 0 Å². The predicted octanol–water partition coefficient (Wildman–Crippen LogP) is 4.44. The van der Waals surface area contributed by atoms with E-state index in [9.17, 15) is 5.11 Å². The molecule has 0 saturated carbocycles. The highest BCUT2D eigenvalue weighted by atomic mass is 35.5. The quantitative estimate of drug-likeness (QED) is 0.667. The molecule has 0 bridgehead atoms. The average molecular weight is 377 g/mol. The summed E-state index contributed by atoms with van der Waals surface area (Å²) in [5.74, 6) is 1.56. The zero-order valence-electron chi connectivity index (χ0n) is 13.8. The molecule has 3 nitrogen and oxygen atoms in total. The van der Waals surface area contributed by atoms with Crippen molar-refractivity contribution in [2.75, 3.05) is 0 Å². The van der Waals surface area contributed by atoms with Crippen LogP contribution in [-0.4, -0.2) is 11.1 Å². The van der Waals surface area contributed by atoms with E-state index >= 15 is 0 Å². The Kier molecular flexibility index (Phi) is 5.82. The number of quaternary nitrogens is 1. The van der Waals surface area contributed by atoms with E-state index in [2.05, 4.69) is 5.32 Å². The zero-order chi connectivity index (χ0) is 17.8. The normalized spacial score (nSPS) is 13.6. The first-order chi connectivity index (χ1) is 12.0. The van der Waals surface area contributed by atoms with Gasteiger partial charge in [0.25, 0.3) is 0 Å². The molecule has 130 valence electrons. The summed E-state index contributed by atoms with van der Waals surface area (Å²) in [6.07, 6.45) is -0.526. The van der Waals surface area contributed by atoms with Crippen LogP contribution in [0.15, 0.2) is 65.1 Å². The minimum absolute atomic E-state index is 0.0107. The average Bonchev–Trinajstić information content (AvgIpc) is 3.08. The molecule has 0 amide bonds. The van der Waals surface area contributed by atoms with Crippen molar-refractivity contribution in [1.82, 2.24) is 0 Å². The summed E-state index contributed by atoms with van der Waals surface area (Å²) in [6.45, 7) is 2.64. The number of rotatable bonds is 6. The molecular weight excluding hydrogens is 357 g/mol. The third-order valence-corrected chi connectivity index (χ3v) is 4.58. The minimum Gasteiger partial charge on any atom is -0.455 e. The van der Waals surface area contributed by atoms with Crippen LogP contribution in [-0.2, 0) is 6.54 Å². The van der Waals surface area contributed by atoms with Gasteiger partial charge in [-0.25, -0.2) is 0 Å². The highest BCUT2D eigenvalue weighted by molar-refractivity contribution is 6.35. The molecule has 1 aromatic heterocycles. The highest BCUT2D eigenvalue weighted by Gasteiger charge is 2.19. The van der Waals surface area contributed by atoms with Crippen molar-refractivity contribution in [3.63, 3.8) is 0 Å². The fourth-order valence-electron chi connectivity index (χ4n) is 2.72. The lowest BCUT2D eigenvalue weighted by Crippen LogP contribution is -2.88. The third kappa shape index (κ3) is 4.65. The van der Waals surface area contributed by atoms with Crippen molar-refractivity contribution < 1.29 is 14.8 Å². The molecule has 3 aromatic rings. The Morgan fingerprint density at radius 1 is 1.00 bits per heavy atom. The van der Waals surface area contributed by atoms with Gasteiger partial charge in [0.1, 0.15) is 24.5 Å². The van der Waals surface area contributed by atoms with Crippen molar-refractivity contribution in [3.8, 4) is 11.3 Å². The molecule has 0 aliphatic heterocycles. The first kappa shape index (κ1) is 18.0. The summed E-state index contributed by atoms with van der Waals surface area (Å²) in [7, 11) is 0. The predicted molar refractivity (Wildman–Crippen MR) is 101 cm³/mol. The van der Waals surface area contributed by atoms with Crippen LogP contribution in [0.5, 0.6) is 0 Å². The first-order valence-electron chi connectivity index (χ1n) is 8.14. The van der Waals surface area contributed by atoms with E-state index in [1.807, 2.05) is 61.5 Å². The Bertz CT molecular complexity index is 812. The number of benzene rings is 2. The maximum absolute atomic E-state index is 10.4. The van der Waals surface area contributed by atoms with Crippen LogP contribution in [0.4, 0.5) is 0 Å². The summed E-state index contributed by atoms with van der Waals surface area (Å²) in [4.78, 5) is 0. The van der Waals surface area contributed by atoms with Crippen molar-refractivity contribution in [2.45, 2.75) is 25.6 Å². The molecule has 0 radical (unpaired) electrons. The van der Waals surface area contributed by atoms with Crippen molar-refractivity contribution in [2.24, 2.45) is 0 Å². The van der Waals surface area contributed by atoms with E-state index in [0.29, 0.717) is 16.6 Å². The first-order valence-corrected chi connectivity index (χ1v) is 8.90. The number of halogens is 2. The van der Waals surface area contributed by atoms with Crippen LogP contribution in [0.2, 0.25) is 10.0 Å². The summed E-state index contributed by atoms with van der Waals surface area (Å²) < 4.78 is 5.89. The number of hydrogen-bond acceptors (Lipinski definition) is 2. The molecule has 0 aliphatic rings. The number of aliphatic hydroxyl groups is 1. The number of hydrogen-bond donors (Lipinski definition) is 2. The van der Waals surface area contributed by atoms with Crippen LogP contribution in [0.25, 0.3) is 11.3 Å². The van der Waals surface area contributed by atoms with Gasteiger partial charge in [0.15, 0.2) is 5.76 Å². The largest absolute Gasteiger partial charge is 0.455 e. The van der Waals surface area contributed by atoms with E-state index in [-0.39, 0.29) is 6.04 Å². The van der Waals surface area contributed by atoms with Gasteiger partial charge >= 0.3 is 0 Å². The van der Waals surface area contributed by atoms with Crippen LogP contribution < -0.4 is 5.32 Å². The Hall–Kier alpha value is -1.78. The molecular formula is C20H20Cl2NO2+. The van der Waals surface area contributed by atoms with Crippen molar-refractivity contribution in [1.29, 1.82) is 0 Å². The summed E-state index contributed by atoms with van der Waals surface area (Å²) in [6, 6.07) is 18.9. The lowest BCUT2D eigenvalue weighted by molar-refractivity contribution is -0.710. The minimum atomic E-state index is -0.526. The van der Waals surface area contributed by atoms with E-state index in [0.717, 1.165) is 22.6 Å². The van der Waals surface area contributed by atoms with Gasteiger partial charge in [0, 0.05) is 15.6 Å². The SMILES string of the molecule is C[C@@H]([NH2+]Cc1ccc(-c2cc(Cl)cc(Cl)c2)o1)[C@@H](O)c1ccccc1. The van der Waals surface area contributed by atoms with Gasteiger partial charge in [-0.3, -0.25) is 0 Å². The second-order valence-corrected chi connectivity index (χ2v) is 6.95. The number of aliphatic hydroxyl groups excluding tert-OH is 1. The van der Waals surface area contributed by atoms with Crippen molar-refractivity contribution >= 4 is 23.2 Å². The number of nitrogens with two attached hydrogens (primary N) is 1. The van der Waals surface area contributed by atoms with Gasteiger partial charge in [0.05, 0.1) is 0 Å². The molecule has 0 fully saturated rings. The third-order valence-electron chi connectivity index (χ3n) is 4.14. The Morgan fingerprint density at radius 3 is 2.36 bits per heavy atom. The molecule has 5 heteroatoms. The molecule has 3 N–H and O–H groups in total. The zero-order valence-corrected chi connectivity index (χ0v) is 15.3. The second-order valence-electron chi connectivity index (χ2n) is 6.08. The Balaban J connectivity index is 1.63. The van der Waals surface area contributed by atoms with E-state index in [1.54, 1.807) is 6.07 Å². The molecule has 1 heterocycles. The maximum atomic E-state index is 10.4. The topological polar surface area (TPSA) is 50.0 Å². The molecule has 0 spiro atoms. The van der Waals surface area contributed by atoms with Crippen molar-refractivity contribution in [3.05, 3.63) is 82.0 Å². The molecule has 0 aliphatic carbocycles. The van der Waals surface area contributed by atoms with Gasteiger partial charge in [0.2, 0.25) is 0 Å². The molecule has 25 heavy (non-hydrogen) atoms. The molecule has 0 saturated heterocycles. The van der Waals surface area contributed by atoms with Crippen LogP contribution >= 0.6 is 23.2 Å². The summed E-state index contributed by atoms with van der Waals surface area (Å²) >= 11 is 12.1. The van der Waals surface area contributed by atoms with Gasteiger partial charge < -0.3 is 14.8 Å². The van der Waals surface area contributed by atoms with Crippen LogP contribution in [0, 0.1) is 0 Å². The lowest BCUT2D eigenvalue weighted by Gasteiger charge is -2.17. The number of furan rings is 1. The van der Waals surface area contributed by atoms with Gasteiger partial charge in [-0.05, 0) is 42.8 Å². The Labute approximate surface area is 157 Å². The second kappa shape index (κ2) is 8.07. The van der Waals surface area contributed by atoms with E-state index < -0.39 is 6.10 Å². The fraction of sp³-hybridized carbons (Fsp3) is 0.200.